The summed E-state index contributed by atoms with van der Waals surface area (Å²) in [5.41, 5.74) is 0. The summed E-state index contributed by atoms with van der Waals surface area (Å²) < 4.78 is 32.9. The second-order valence-electron chi connectivity index (χ2n) is 5.19. The summed E-state index contributed by atoms with van der Waals surface area (Å²) in [7, 11) is -1.99. The van der Waals surface area contributed by atoms with Gasteiger partial charge >= 0.3 is 6.09 Å². The Kier molecular flexibility index (Phi) is 5.95. The Morgan fingerprint density at radius 3 is 2.57 bits per heavy atom. The number of rotatable bonds is 5. The predicted octanol–water partition coefficient (Wildman–Crippen LogP) is 0.902. The van der Waals surface area contributed by atoms with Gasteiger partial charge in [-0.25, -0.2) is 9.78 Å². The summed E-state index contributed by atoms with van der Waals surface area (Å²) in [4.78, 5) is 18.2. The van der Waals surface area contributed by atoms with Crippen molar-refractivity contribution >= 4 is 27.6 Å². The van der Waals surface area contributed by atoms with E-state index in [2.05, 4.69) is 4.98 Å². The molecule has 0 atom stereocenters. The molecule has 0 saturated carbocycles. The van der Waals surface area contributed by atoms with Gasteiger partial charge in [-0.15, -0.1) is 11.3 Å². The highest BCUT2D eigenvalue weighted by Crippen LogP contribution is 2.18. The van der Waals surface area contributed by atoms with Crippen LogP contribution in [0.15, 0.2) is 6.20 Å². The summed E-state index contributed by atoms with van der Waals surface area (Å²) >= 11 is 1.48. The molecule has 1 aromatic heterocycles. The second kappa shape index (κ2) is 7.56. The van der Waals surface area contributed by atoms with Gasteiger partial charge in [0.15, 0.2) is 0 Å². The first-order valence-electron chi connectivity index (χ1n) is 7.39. The van der Waals surface area contributed by atoms with E-state index >= 15 is 0 Å². The average molecular weight is 362 g/mol. The van der Waals surface area contributed by atoms with Gasteiger partial charge in [0.25, 0.3) is 10.2 Å². The molecular weight excluding hydrogens is 340 g/mol. The molecule has 0 unspecified atom stereocenters. The molecule has 1 fully saturated rings. The van der Waals surface area contributed by atoms with Crippen LogP contribution >= 0.6 is 11.3 Å². The van der Waals surface area contributed by atoms with E-state index in [1.807, 2.05) is 6.92 Å². The molecule has 0 aromatic carbocycles. The highest BCUT2D eigenvalue weighted by molar-refractivity contribution is 7.86. The van der Waals surface area contributed by atoms with Crippen LogP contribution in [0.4, 0.5) is 4.79 Å². The number of carbonyl (C=O) groups is 1. The Hall–Kier alpha value is -1.23. The van der Waals surface area contributed by atoms with E-state index in [-0.39, 0.29) is 13.1 Å². The van der Waals surface area contributed by atoms with Crippen LogP contribution < -0.4 is 0 Å². The summed E-state index contributed by atoms with van der Waals surface area (Å²) in [6, 6.07) is 0. The number of hydrogen-bond acceptors (Lipinski definition) is 6. The molecule has 2 heterocycles. The van der Waals surface area contributed by atoms with Crippen LogP contribution in [-0.2, 0) is 21.5 Å². The van der Waals surface area contributed by atoms with E-state index in [9.17, 15) is 13.2 Å². The third-order valence-electron chi connectivity index (χ3n) is 3.53. The smallest absolute Gasteiger partial charge is 0.409 e. The average Bonchev–Trinajstić information content (AvgIpc) is 2.92. The topological polar surface area (TPSA) is 83.0 Å². The third kappa shape index (κ3) is 4.40. The molecule has 0 bridgehead atoms. The summed E-state index contributed by atoms with van der Waals surface area (Å²) in [6.45, 7) is 5.46. The molecule has 1 aliphatic rings. The molecular formula is C13H22N4O4S2. The van der Waals surface area contributed by atoms with E-state index in [1.165, 1.54) is 24.8 Å². The minimum Gasteiger partial charge on any atom is -0.450 e. The number of piperazine rings is 1. The fraction of sp³-hybridized carbons (Fsp3) is 0.692. The zero-order valence-corrected chi connectivity index (χ0v) is 15.2. The maximum Gasteiger partial charge on any atom is 0.409 e. The lowest BCUT2D eigenvalue weighted by Crippen LogP contribution is -2.53. The number of ether oxygens (including phenoxy) is 1. The van der Waals surface area contributed by atoms with Gasteiger partial charge < -0.3 is 9.64 Å². The molecule has 10 heteroatoms. The van der Waals surface area contributed by atoms with Gasteiger partial charge in [0.1, 0.15) is 0 Å². The van der Waals surface area contributed by atoms with Crippen LogP contribution in [-0.4, -0.2) is 72.8 Å². The van der Waals surface area contributed by atoms with Crippen LogP contribution in [0.5, 0.6) is 0 Å². The van der Waals surface area contributed by atoms with E-state index in [1.54, 1.807) is 20.2 Å². The summed E-state index contributed by atoms with van der Waals surface area (Å²) in [5, 5.41) is 0.911. The highest BCUT2D eigenvalue weighted by atomic mass is 32.2. The van der Waals surface area contributed by atoms with Crippen molar-refractivity contribution in [2.45, 2.75) is 20.4 Å². The van der Waals surface area contributed by atoms with Gasteiger partial charge in [0.2, 0.25) is 0 Å². The lowest BCUT2D eigenvalue weighted by atomic mass is 10.4. The SMILES string of the molecule is CCOC(=O)N1CCN(S(=O)(=O)N(C)Cc2cnc(C)s2)CC1. The second-order valence-corrected chi connectivity index (χ2v) is 8.55. The Morgan fingerprint density at radius 2 is 2.04 bits per heavy atom. The van der Waals surface area contributed by atoms with Crippen LogP contribution in [0.2, 0.25) is 0 Å². The lowest BCUT2D eigenvalue weighted by molar-refractivity contribution is 0.0925. The Morgan fingerprint density at radius 1 is 1.39 bits per heavy atom. The van der Waals surface area contributed by atoms with E-state index in [0.717, 1.165) is 9.88 Å². The normalized spacial score (nSPS) is 16.8. The van der Waals surface area contributed by atoms with Crippen LogP contribution in [0.3, 0.4) is 0 Å². The van der Waals surface area contributed by atoms with Gasteiger partial charge in [-0.2, -0.15) is 17.0 Å². The molecule has 130 valence electrons. The maximum atomic E-state index is 12.6. The maximum absolute atomic E-state index is 12.6. The number of amides is 1. The van der Waals surface area contributed by atoms with Gasteiger partial charge in [-0.05, 0) is 13.8 Å². The molecule has 0 spiro atoms. The molecule has 0 aliphatic carbocycles. The molecule has 0 N–H and O–H groups in total. The first-order chi connectivity index (χ1) is 10.8. The van der Waals surface area contributed by atoms with Crippen molar-refractivity contribution in [2.75, 3.05) is 39.8 Å². The minimum absolute atomic E-state index is 0.271. The minimum atomic E-state index is -3.55. The number of aromatic nitrogens is 1. The van der Waals surface area contributed by atoms with Crippen LogP contribution in [0.25, 0.3) is 0 Å². The van der Waals surface area contributed by atoms with Crippen molar-refractivity contribution in [3.05, 3.63) is 16.1 Å². The van der Waals surface area contributed by atoms with Crippen molar-refractivity contribution in [2.24, 2.45) is 0 Å². The largest absolute Gasteiger partial charge is 0.450 e. The number of carbonyl (C=O) groups excluding carboxylic acids is 1. The van der Waals surface area contributed by atoms with Crippen LogP contribution in [0, 0.1) is 6.92 Å². The van der Waals surface area contributed by atoms with E-state index in [4.69, 9.17) is 4.74 Å². The first kappa shape index (κ1) is 18.1. The zero-order chi connectivity index (χ0) is 17.0. The predicted molar refractivity (Wildman–Crippen MR) is 87.4 cm³/mol. The Bertz CT molecular complexity index is 638. The highest BCUT2D eigenvalue weighted by Gasteiger charge is 2.32. The van der Waals surface area contributed by atoms with Crippen molar-refractivity contribution in [3.8, 4) is 0 Å². The molecule has 23 heavy (non-hydrogen) atoms. The fourth-order valence-corrected chi connectivity index (χ4v) is 4.54. The number of hydrogen-bond donors (Lipinski definition) is 0. The standard InChI is InChI=1S/C13H22N4O4S2/c1-4-21-13(18)16-5-7-17(8-6-16)23(19,20)15(3)10-12-9-14-11(2)22-12/h9H,4-8,10H2,1-3H3. The zero-order valence-electron chi connectivity index (χ0n) is 13.6. The van der Waals surface area contributed by atoms with Gasteiger partial charge in [0.05, 0.1) is 18.2 Å². The van der Waals surface area contributed by atoms with Crippen molar-refractivity contribution in [1.82, 2.24) is 18.5 Å². The number of aryl methyl sites for hydroxylation is 1. The molecule has 2 rings (SSSR count). The van der Waals surface area contributed by atoms with E-state index in [0.29, 0.717) is 26.2 Å². The molecule has 1 aromatic rings. The lowest BCUT2D eigenvalue weighted by Gasteiger charge is -2.35. The number of thiazole rings is 1. The van der Waals surface area contributed by atoms with Gasteiger partial charge in [0, 0.05) is 44.3 Å². The van der Waals surface area contributed by atoms with E-state index < -0.39 is 16.3 Å². The molecule has 0 radical (unpaired) electrons. The van der Waals surface area contributed by atoms with Crippen molar-refractivity contribution in [3.63, 3.8) is 0 Å². The quantitative estimate of drug-likeness (QED) is 0.777. The van der Waals surface area contributed by atoms with Crippen molar-refractivity contribution in [1.29, 1.82) is 0 Å². The molecule has 1 saturated heterocycles. The van der Waals surface area contributed by atoms with Crippen molar-refractivity contribution < 1.29 is 17.9 Å². The summed E-state index contributed by atoms with van der Waals surface area (Å²) in [5.74, 6) is 0. The van der Waals surface area contributed by atoms with Gasteiger partial charge in [-0.1, -0.05) is 0 Å². The summed E-state index contributed by atoms with van der Waals surface area (Å²) in [6.07, 6.45) is 1.31. The molecule has 1 amide bonds. The molecule has 1 aliphatic heterocycles. The number of nitrogens with zero attached hydrogens (tertiary/aromatic N) is 4. The Labute approximate surface area is 140 Å². The Balaban J connectivity index is 1.94. The van der Waals surface area contributed by atoms with Crippen LogP contribution in [0.1, 0.15) is 16.8 Å². The third-order valence-corrected chi connectivity index (χ3v) is 6.36. The fourth-order valence-electron chi connectivity index (χ4n) is 2.29. The monoisotopic (exact) mass is 362 g/mol. The molecule has 8 nitrogen and oxygen atoms in total. The first-order valence-corrected chi connectivity index (χ1v) is 9.60. The van der Waals surface area contributed by atoms with Gasteiger partial charge in [-0.3, -0.25) is 0 Å².